The summed E-state index contributed by atoms with van der Waals surface area (Å²) < 4.78 is 33.0. The molecule has 2 saturated heterocycles. The zero-order chi connectivity index (χ0) is 23.3. The first-order valence-electron chi connectivity index (χ1n) is 11.3. The summed E-state index contributed by atoms with van der Waals surface area (Å²) in [5.41, 5.74) is 0.871. The van der Waals surface area contributed by atoms with Crippen molar-refractivity contribution in [3.63, 3.8) is 0 Å². The molecule has 2 aromatic rings. The number of anilines is 1. The molecule has 0 unspecified atom stereocenters. The minimum Gasteiger partial charge on any atom is -0.376 e. The number of nitrogens with zero attached hydrogens (tertiary/aromatic N) is 1. The minimum absolute atomic E-state index is 0.0349. The average molecular weight is 472 g/mol. The van der Waals surface area contributed by atoms with Gasteiger partial charge in [0.25, 0.3) is 15.9 Å². The van der Waals surface area contributed by atoms with Gasteiger partial charge in [-0.3, -0.25) is 14.3 Å². The predicted molar refractivity (Wildman–Crippen MR) is 124 cm³/mol. The molecule has 1 atom stereocenters. The Kier molecular flexibility index (Phi) is 7.29. The molecule has 2 aromatic carbocycles. The summed E-state index contributed by atoms with van der Waals surface area (Å²) in [5, 5.41) is 2.98. The van der Waals surface area contributed by atoms with Gasteiger partial charge in [-0.15, -0.1) is 0 Å². The summed E-state index contributed by atoms with van der Waals surface area (Å²) in [6.07, 6.45) is 3.40. The van der Waals surface area contributed by atoms with Crippen LogP contribution in [0.25, 0.3) is 0 Å². The fourth-order valence-corrected chi connectivity index (χ4v) is 5.27. The van der Waals surface area contributed by atoms with Gasteiger partial charge < -0.3 is 15.0 Å². The molecule has 0 radical (unpaired) electrons. The number of likely N-dealkylation sites (tertiary alicyclic amines) is 1. The molecule has 2 amide bonds. The molecule has 2 heterocycles. The van der Waals surface area contributed by atoms with Gasteiger partial charge in [0.05, 0.1) is 11.0 Å². The molecule has 4 rings (SSSR count). The van der Waals surface area contributed by atoms with Crippen LogP contribution in [0.3, 0.4) is 0 Å². The van der Waals surface area contributed by atoms with E-state index in [9.17, 15) is 18.0 Å². The van der Waals surface area contributed by atoms with Crippen LogP contribution in [-0.2, 0) is 19.6 Å². The first-order valence-corrected chi connectivity index (χ1v) is 12.8. The number of carbonyl (C=O) groups excluding carboxylic acids is 2. The molecule has 2 N–H and O–H groups in total. The molecular formula is C24H29N3O5S. The molecule has 2 aliphatic heterocycles. The van der Waals surface area contributed by atoms with Crippen molar-refractivity contribution in [2.24, 2.45) is 5.92 Å². The average Bonchev–Trinajstić information content (AvgIpc) is 3.37. The van der Waals surface area contributed by atoms with Gasteiger partial charge in [-0.25, -0.2) is 8.42 Å². The molecule has 2 aliphatic rings. The predicted octanol–water partition coefficient (Wildman–Crippen LogP) is 2.63. The Bertz CT molecular complexity index is 1060. The van der Waals surface area contributed by atoms with E-state index in [0.717, 1.165) is 19.4 Å². The highest BCUT2D eigenvalue weighted by molar-refractivity contribution is 7.92. The van der Waals surface area contributed by atoms with Crippen LogP contribution in [0.5, 0.6) is 0 Å². The maximum Gasteiger partial charge on any atom is 0.261 e. The van der Waals surface area contributed by atoms with Crippen LogP contribution in [0, 0.1) is 5.92 Å². The van der Waals surface area contributed by atoms with Crippen molar-refractivity contribution in [2.75, 3.05) is 31.0 Å². The van der Waals surface area contributed by atoms with Gasteiger partial charge in [-0.05, 0) is 62.1 Å². The summed E-state index contributed by atoms with van der Waals surface area (Å²) >= 11 is 0. The zero-order valence-electron chi connectivity index (χ0n) is 18.4. The van der Waals surface area contributed by atoms with Crippen LogP contribution in [0.2, 0.25) is 0 Å². The van der Waals surface area contributed by atoms with Gasteiger partial charge in [0.1, 0.15) is 0 Å². The van der Waals surface area contributed by atoms with E-state index in [1.54, 1.807) is 47.4 Å². The first-order chi connectivity index (χ1) is 15.9. The van der Waals surface area contributed by atoms with Gasteiger partial charge in [0.2, 0.25) is 5.91 Å². The van der Waals surface area contributed by atoms with Crippen molar-refractivity contribution in [1.82, 2.24) is 10.2 Å². The molecule has 0 aliphatic carbocycles. The topological polar surface area (TPSA) is 105 Å². The number of sulfonamides is 1. The van der Waals surface area contributed by atoms with Gasteiger partial charge in [-0.2, -0.15) is 0 Å². The first kappa shape index (κ1) is 23.3. The van der Waals surface area contributed by atoms with Crippen LogP contribution < -0.4 is 10.0 Å². The third-order valence-corrected chi connectivity index (χ3v) is 7.52. The third kappa shape index (κ3) is 5.91. The third-order valence-electron chi connectivity index (χ3n) is 6.12. The van der Waals surface area contributed by atoms with E-state index in [1.165, 1.54) is 12.1 Å². The summed E-state index contributed by atoms with van der Waals surface area (Å²) in [4.78, 5) is 27.2. The number of piperidine rings is 1. The van der Waals surface area contributed by atoms with Crippen molar-refractivity contribution in [3.8, 4) is 0 Å². The van der Waals surface area contributed by atoms with E-state index >= 15 is 0 Å². The smallest absolute Gasteiger partial charge is 0.261 e. The van der Waals surface area contributed by atoms with Crippen molar-refractivity contribution in [1.29, 1.82) is 0 Å². The van der Waals surface area contributed by atoms with Crippen LogP contribution in [0.4, 0.5) is 5.69 Å². The second kappa shape index (κ2) is 10.4. The van der Waals surface area contributed by atoms with E-state index in [1.807, 2.05) is 0 Å². The SMILES string of the molecule is O=C(NC[C@H]1CCCO1)C1CCN(C(=O)c2ccc(NS(=O)(=O)c3ccccc3)cc2)CC1. The maximum atomic E-state index is 12.9. The molecule has 33 heavy (non-hydrogen) atoms. The normalized spacial score (nSPS) is 19.3. The number of carbonyl (C=O) groups is 2. The van der Waals surface area contributed by atoms with E-state index in [-0.39, 0.29) is 28.7 Å². The maximum absolute atomic E-state index is 12.9. The Labute approximate surface area is 194 Å². The number of rotatable bonds is 7. The van der Waals surface area contributed by atoms with Crippen LogP contribution in [0.1, 0.15) is 36.0 Å². The van der Waals surface area contributed by atoms with E-state index in [4.69, 9.17) is 4.74 Å². The summed E-state index contributed by atoms with van der Waals surface area (Å²) in [6.45, 7) is 2.34. The highest BCUT2D eigenvalue weighted by Crippen LogP contribution is 2.21. The molecule has 0 aromatic heterocycles. The van der Waals surface area contributed by atoms with Crippen LogP contribution >= 0.6 is 0 Å². The Morgan fingerprint density at radius 3 is 2.30 bits per heavy atom. The highest BCUT2D eigenvalue weighted by Gasteiger charge is 2.28. The number of amides is 2. The number of nitrogens with one attached hydrogen (secondary N) is 2. The largest absolute Gasteiger partial charge is 0.376 e. The van der Waals surface area contributed by atoms with Crippen molar-refractivity contribution >= 4 is 27.5 Å². The lowest BCUT2D eigenvalue weighted by molar-refractivity contribution is -0.126. The van der Waals surface area contributed by atoms with Crippen molar-refractivity contribution < 1.29 is 22.7 Å². The molecule has 0 saturated carbocycles. The molecular weight excluding hydrogens is 442 g/mol. The number of hydrogen-bond acceptors (Lipinski definition) is 5. The Balaban J connectivity index is 1.28. The Morgan fingerprint density at radius 1 is 0.970 bits per heavy atom. The van der Waals surface area contributed by atoms with Gasteiger partial charge in [-0.1, -0.05) is 18.2 Å². The lowest BCUT2D eigenvalue weighted by Gasteiger charge is -2.31. The van der Waals surface area contributed by atoms with Gasteiger partial charge in [0, 0.05) is 43.4 Å². The quantitative estimate of drug-likeness (QED) is 0.646. The van der Waals surface area contributed by atoms with E-state index in [2.05, 4.69) is 10.0 Å². The summed E-state index contributed by atoms with van der Waals surface area (Å²) in [7, 11) is -3.68. The van der Waals surface area contributed by atoms with Crippen molar-refractivity contribution in [3.05, 3.63) is 60.2 Å². The Hall–Kier alpha value is -2.91. The molecule has 9 heteroatoms. The van der Waals surface area contributed by atoms with E-state index in [0.29, 0.717) is 43.7 Å². The molecule has 8 nitrogen and oxygen atoms in total. The van der Waals surface area contributed by atoms with Gasteiger partial charge in [0.15, 0.2) is 0 Å². The molecule has 176 valence electrons. The summed E-state index contributed by atoms with van der Waals surface area (Å²) in [5.74, 6) is -0.177. The molecule has 0 bridgehead atoms. The van der Waals surface area contributed by atoms with Crippen molar-refractivity contribution in [2.45, 2.75) is 36.7 Å². The fraction of sp³-hybridized carbons (Fsp3) is 0.417. The number of ether oxygens (including phenoxy) is 1. The number of hydrogen-bond donors (Lipinski definition) is 2. The zero-order valence-corrected chi connectivity index (χ0v) is 19.2. The number of benzene rings is 2. The second-order valence-corrected chi connectivity index (χ2v) is 10.1. The highest BCUT2D eigenvalue weighted by atomic mass is 32.2. The van der Waals surface area contributed by atoms with E-state index < -0.39 is 10.0 Å². The minimum atomic E-state index is -3.68. The van der Waals surface area contributed by atoms with Crippen LogP contribution in [0.15, 0.2) is 59.5 Å². The lowest BCUT2D eigenvalue weighted by Crippen LogP contribution is -2.44. The second-order valence-electron chi connectivity index (χ2n) is 8.44. The lowest BCUT2D eigenvalue weighted by atomic mass is 9.95. The van der Waals surface area contributed by atoms with Gasteiger partial charge >= 0.3 is 0 Å². The monoisotopic (exact) mass is 471 g/mol. The standard InChI is InChI=1S/C24H29N3O5S/c28-23(25-17-21-5-4-16-32-21)18-12-14-27(15-13-18)24(29)19-8-10-20(11-9-19)26-33(30,31)22-6-2-1-3-7-22/h1-3,6-11,18,21,26H,4-5,12-17H2,(H,25,28)/t21-/m1/s1. The summed E-state index contributed by atoms with van der Waals surface area (Å²) in [6, 6.07) is 14.5. The Morgan fingerprint density at radius 2 is 1.67 bits per heavy atom. The molecule has 0 spiro atoms. The molecule has 2 fully saturated rings. The van der Waals surface area contributed by atoms with Crippen LogP contribution in [-0.4, -0.2) is 57.5 Å². The fourth-order valence-electron chi connectivity index (χ4n) is 4.19.